The highest BCUT2D eigenvalue weighted by Crippen LogP contribution is 2.23. The zero-order valence-electron chi connectivity index (χ0n) is 11.6. The van der Waals surface area contributed by atoms with E-state index in [9.17, 15) is 4.79 Å². The second-order valence-corrected chi connectivity index (χ2v) is 5.18. The maximum Gasteiger partial charge on any atom is 0.336 e. The molecule has 0 spiro atoms. The minimum atomic E-state index is -0.950. The van der Waals surface area contributed by atoms with Gasteiger partial charge in [0.05, 0.1) is 23.7 Å². The van der Waals surface area contributed by atoms with Crippen LogP contribution < -0.4 is 4.74 Å². The lowest BCUT2D eigenvalue weighted by Crippen LogP contribution is -2.10. The fourth-order valence-electron chi connectivity index (χ4n) is 1.75. The quantitative estimate of drug-likeness (QED) is 0.797. The average molecular weight is 261 g/mol. The van der Waals surface area contributed by atoms with Crippen molar-refractivity contribution in [2.75, 3.05) is 6.61 Å². The predicted octanol–water partition coefficient (Wildman–Crippen LogP) is 3.40. The number of rotatable bonds is 6. The van der Waals surface area contributed by atoms with Crippen LogP contribution in [0.2, 0.25) is 0 Å². The van der Waals surface area contributed by atoms with Crippen molar-refractivity contribution in [3.05, 3.63) is 29.3 Å². The van der Waals surface area contributed by atoms with Crippen molar-refractivity contribution in [1.82, 2.24) is 0 Å². The van der Waals surface area contributed by atoms with Crippen LogP contribution in [0, 0.1) is 23.7 Å². The van der Waals surface area contributed by atoms with E-state index in [1.165, 1.54) is 0 Å². The van der Waals surface area contributed by atoms with E-state index >= 15 is 0 Å². The second kappa shape index (κ2) is 6.24. The van der Waals surface area contributed by atoms with Crippen molar-refractivity contribution in [2.24, 2.45) is 5.41 Å². The Bertz CT molecular complexity index is 501. The zero-order chi connectivity index (χ0) is 14.5. The topological polar surface area (TPSA) is 70.3 Å². The van der Waals surface area contributed by atoms with Crippen LogP contribution in [0.5, 0.6) is 5.75 Å². The third kappa shape index (κ3) is 4.29. The number of nitrogens with zero attached hydrogens (tertiary/aromatic N) is 1. The number of carboxylic acid groups (broad SMARTS) is 1. The van der Waals surface area contributed by atoms with Gasteiger partial charge in [0.25, 0.3) is 0 Å². The van der Waals surface area contributed by atoms with E-state index in [0.29, 0.717) is 17.9 Å². The summed E-state index contributed by atoms with van der Waals surface area (Å²) in [5.74, 6) is -0.358. The monoisotopic (exact) mass is 261 g/mol. The van der Waals surface area contributed by atoms with Gasteiger partial charge in [0.15, 0.2) is 0 Å². The molecule has 0 aliphatic carbocycles. The molecular weight excluding hydrogens is 242 g/mol. The molecule has 0 aromatic heterocycles. The van der Waals surface area contributed by atoms with Crippen molar-refractivity contribution in [3.63, 3.8) is 0 Å². The first-order valence-electron chi connectivity index (χ1n) is 6.24. The van der Waals surface area contributed by atoms with Crippen LogP contribution in [-0.4, -0.2) is 17.7 Å². The van der Waals surface area contributed by atoms with Crippen molar-refractivity contribution in [1.29, 1.82) is 5.26 Å². The lowest BCUT2D eigenvalue weighted by atomic mass is 9.90. The first-order chi connectivity index (χ1) is 8.87. The van der Waals surface area contributed by atoms with Crippen molar-refractivity contribution in [2.45, 2.75) is 33.6 Å². The molecule has 0 radical (unpaired) electrons. The molecule has 0 aliphatic heterocycles. The molecule has 19 heavy (non-hydrogen) atoms. The fraction of sp³-hybridized carbons (Fsp3) is 0.467. The van der Waals surface area contributed by atoms with Crippen molar-refractivity contribution < 1.29 is 14.6 Å². The Morgan fingerprint density at radius 2 is 2.16 bits per heavy atom. The summed E-state index contributed by atoms with van der Waals surface area (Å²) in [4.78, 5) is 11.0. The summed E-state index contributed by atoms with van der Waals surface area (Å²) in [5.41, 5.74) is 0.547. The van der Waals surface area contributed by atoms with Gasteiger partial charge in [-0.3, -0.25) is 0 Å². The first kappa shape index (κ1) is 15.0. The molecule has 0 saturated carbocycles. The molecule has 102 valence electrons. The molecule has 1 rings (SSSR count). The smallest absolute Gasteiger partial charge is 0.336 e. The number of ether oxygens (including phenoxy) is 1. The maximum absolute atomic E-state index is 11.0. The summed E-state index contributed by atoms with van der Waals surface area (Å²) in [6, 6.07) is 7.23. The van der Waals surface area contributed by atoms with Crippen LogP contribution in [0.1, 0.15) is 42.6 Å². The van der Waals surface area contributed by atoms with Crippen LogP contribution in [0.15, 0.2) is 18.2 Å². The Balaban J connectivity index is 2.58. The molecule has 4 nitrogen and oxygen atoms in total. The highest BCUT2D eigenvalue weighted by molar-refractivity contribution is 5.90. The molecule has 0 saturated heterocycles. The summed E-state index contributed by atoms with van der Waals surface area (Å²) in [6.07, 6.45) is 1.51. The van der Waals surface area contributed by atoms with E-state index in [1.807, 2.05) is 13.8 Å². The van der Waals surface area contributed by atoms with E-state index in [-0.39, 0.29) is 11.0 Å². The Kier molecular flexibility index (Phi) is 4.94. The molecule has 1 aromatic carbocycles. The highest BCUT2D eigenvalue weighted by Gasteiger charge is 2.16. The van der Waals surface area contributed by atoms with Crippen LogP contribution in [0.3, 0.4) is 0 Å². The summed E-state index contributed by atoms with van der Waals surface area (Å²) in [5, 5.41) is 17.9. The Labute approximate surface area is 113 Å². The van der Waals surface area contributed by atoms with Gasteiger partial charge < -0.3 is 9.84 Å². The van der Waals surface area contributed by atoms with Gasteiger partial charge in [-0.15, -0.1) is 0 Å². The van der Waals surface area contributed by atoms with Gasteiger partial charge in [0.2, 0.25) is 0 Å². The molecule has 0 aliphatic rings. The molecule has 1 aromatic rings. The van der Waals surface area contributed by atoms with Crippen LogP contribution in [0.25, 0.3) is 0 Å². The minimum absolute atomic E-state index is 0.259. The summed E-state index contributed by atoms with van der Waals surface area (Å²) >= 11 is 0. The molecule has 0 atom stereocenters. The number of aromatic carboxylic acids is 1. The number of hydrogen-bond acceptors (Lipinski definition) is 3. The molecule has 0 unspecified atom stereocenters. The summed E-state index contributed by atoms with van der Waals surface area (Å²) < 4.78 is 5.59. The van der Waals surface area contributed by atoms with Crippen LogP contribution in [-0.2, 0) is 0 Å². The van der Waals surface area contributed by atoms with Gasteiger partial charge in [0.1, 0.15) is 5.75 Å². The van der Waals surface area contributed by atoms with Crippen molar-refractivity contribution >= 4 is 5.97 Å². The van der Waals surface area contributed by atoms with E-state index in [2.05, 4.69) is 6.07 Å². The van der Waals surface area contributed by atoms with Gasteiger partial charge in [0, 0.05) is 5.56 Å². The first-order valence-corrected chi connectivity index (χ1v) is 6.24. The second-order valence-electron chi connectivity index (χ2n) is 5.18. The molecule has 0 bridgehead atoms. The standard InChI is InChI=1S/C15H19NO3/c1-11-12(14(17)18)6-4-7-13(11)19-9-5-8-15(2,3)10-16/h4,6-7H,5,8-9H2,1-3H3,(H,17,18). The van der Waals surface area contributed by atoms with Gasteiger partial charge >= 0.3 is 5.97 Å². The molecule has 4 heteroatoms. The predicted molar refractivity (Wildman–Crippen MR) is 72.3 cm³/mol. The Morgan fingerprint density at radius 1 is 1.47 bits per heavy atom. The van der Waals surface area contributed by atoms with E-state index in [0.717, 1.165) is 12.8 Å². The minimum Gasteiger partial charge on any atom is -0.493 e. The molecule has 1 N–H and O–H groups in total. The van der Waals surface area contributed by atoms with E-state index in [1.54, 1.807) is 25.1 Å². The summed E-state index contributed by atoms with van der Waals surface area (Å²) in [6.45, 7) is 6.00. The van der Waals surface area contributed by atoms with Gasteiger partial charge in [-0.2, -0.15) is 5.26 Å². The number of benzene rings is 1. The van der Waals surface area contributed by atoms with Crippen LogP contribution >= 0.6 is 0 Å². The summed E-state index contributed by atoms with van der Waals surface area (Å²) in [7, 11) is 0. The third-order valence-corrected chi connectivity index (χ3v) is 3.02. The molecule has 0 heterocycles. The Morgan fingerprint density at radius 3 is 2.74 bits per heavy atom. The molecule has 0 amide bonds. The third-order valence-electron chi connectivity index (χ3n) is 3.02. The van der Waals surface area contributed by atoms with E-state index in [4.69, 9.17) is 15.1 Å². The maximum atomic E-state index is 11.0. The van der Waals surface area contributed by atoms with E-state index < -0.39 is 5.97 Å². The Hall–Kier alpha value is -2.02. The van der Waals surface area contributed by atoms with Gasteiger partial charge in [-0.25, -0.2) is 4.79 Å². The number of hydrogen-bond donors (Lipinski definition) is 1. The normalized spacial score (nSPS) is 10.8. The van der Waals surface area contributed by atoms with Gasteiger partial charge in [-0.05, 0) is 45.7 Å². The molecular formula is C15H19NO3. The number of carboxylic acids is 1. The number of nitriles is 1. The fourth-order valence-corrected chi connectivity index (χ4v) is 1.75. The van der Waals surface area contributed by atoms with Crippen LogP contribution in [0.4, 0.5) is 0 Å². The largest absolute Gasteiger partial charge is 0.493 e. The lowest BCUT2D eigenvalue weighted by molar-refractivity contribution is 0.0695. The number of carbonyl (C=O) groups is 1. The zero-order valence-corrected chi connectivity index (χ0v) is 11.6. The lowest BCUT2D eigenvalue weighted by Gasteiger charge is -2.15. The molecule has 0 fully saturated rings. The van der Waals surface area contributed by atoms with Gasteiger partial charge in [-0.1, -0.05) is 6.07 Å². The average Bonchev–Trinajstić information content (AvgIpc) is 2.36. The highest BCUT2D eigenvalue weighted by atomic mass is 16.5. The SMILES string of the molecule is Cc1c(OCCCC(C)(C)C#N)cccc1C(=O)O. The van der Waals surface area contributed by atoms with Crippen molar-refractivity contribution in [3.8, 4) is 11.8 Å².